The van der Waals surface area contributed by atoms with E-state index in [1.54, 1.807) is 18.2 Å². The third-order valence-electron chi connectivity index (χ3n) is 6.17. The average molecular weight is 450 g/mol. The van der Waals surface area contributed by atoms with Crippen LogP contribution in [0.15, 0.2) is 42.5 Å². The minimum atomic E-state index is -1.45. The maximum absolute atomic E-state index is 10.4. The molecule has 0 unspecified atom stereocenters. The summed E-state index contributed by atoms with van der Waals surface area (Å²) in [6.45, 7) is 0.960. The summed E-state index contributed by atoms with van der Waals surface area (Å²) in [4.78, 5) is 0. The number of ether oxygens (including phenoxy) is 2. The molecule has 6 atom stereocenters. The zero-order chi connectivity index (χ0) is 23.4. The number of nitriles is 1. The fourth-order valence-electron chi connectivity index (χ4n) is 4.18. The maximum atomic E-state index is 10.4. The van der Waals surface area contributed by atoms with E-state index in [4.69, 9.17) is 9.47 Å². The average Bonchev–Trinajstić information content (AvgIpc) is 3.36. The lowest BCUT2D eigenvalue weighted by Gasteiger charge is -2.40. The summed E-state index contributed by atoms with van der Waals surface area (Å²) in [5.41, 5.74) is 3.71. The zero-order valence-corrected chi connectivity index (χ0v) is 18.1. The van der Waals surface area contributed by atoms with Gasteiger partial charge >= 0.3 is 0 Å². The summed E-state index contributed by atoms with van der Waals surface area (Å²) in [5, 5.41) is 49.6. The molecule has 2 saturated heterocycles. The van der Waals surface area contributed by atoms with Gasteiger partial charge in [0.2, 0.25) is 0 Å². The van der Waals surface area contributed by atoms with Crippen LogP contribution in [-0.4, -0.2) is 64.7 Å². The van der Waals surface area contributed by atoms with Crippen molar-refractivity contribution in [3.8, 4) is 17.9 Å². The van der Waals surface area contributed by atoms with E-state index in [9.17, 15) is 25.7 Å². The van der Waals surface area contributed by atoms with Gasteiger partial charge in [-0.25, -0.2) is 0 Å². The molecular weight excluding hydrogens is 422 g/mol. The highest BCUT2D eigenvalue weighted by Gasteiger charge is 2.44. The summed E-state index contributed by atoms with van der Waals surface area (Å²) in [6, 6.07) is 15.1. The Labute approximate surface area is 192 Å². The number of rotatable bonds is 4. The minimum Gasteiger partial charge on any atom is -0.394 e. The molecule has 2 aliphatic rings. The van der Waals surface area contributed by atoms with E-state index in [2.05, 4.69) is 17.9 Å². The number of benzene rings is 2. The van der Waals surface area contributed by atoms with Crippen molar-refractivity contribution in [1.82, 2.24) is 0 Å². The molecule has 7 heteroatoms. The second kappa shape index (κ2) is 10.5. The maximum Gasteiger partial charge on any atom is 0.113 e. The summed E-state index contributed by atoms with van der Waals surface area (Å²) < 4.78 is 11.0. The Kier molecular flexibility index (Phi) is 7.42. The largest absolute Gasteiger partial charge is 0.394 e. The second-order valence-corrected chi connectivity index (χ2v) is 8.48. The molecule has 0 aliphatic carbocycles. The number of hydrogen-bond acceptors (Lipinski definition) is 7. The quantitative estimate of drug-likeness (QED) is 0.515. The lowest BCUT2D eigenvalue weighted by molar-refractivity contribution is -0.231. The highest BCUT2D eigenvalue weighted by Crippen LogP contribution is 2.33. The van der Waals surface area contributed by atoms with Crippen LogP contribution >= 0.6 is 0 Å². The zero-order valence-electron chi connectivity index (χ0n) is 18.1. The molecule has 4 N–H and O–H groups in total. The first-order chi connectivity index (χ1) is 16.0. The topological polar surface area (TPSA) is 123 Å². The Morgan fingerprint density at radius 2 is 1.79 bits per heavy atom. The molecular formula is C26H27NO6. The van der Waals surface area contributed by atoms with Crippen LogP contribution in [0.4, 0.5) is 0 Å². The van der Waals surface area contributed by atoms with Gasteiger partial charge < -0.3 is 29.9 Å². The Balaban J connectivity index is 1.53. The van der Waals surface area contributed by atoms with Gasteiger partial charge in [-0.2, -0.15) is 5.26 Å². The second-order valence-electron chi connectivity index (χ2n) is 8.48. The van der Waals surface area contributed by atoms with Crippen molar-refractivity contribution in [2.75, 3.05) is 19.8 Å². The highest BCUT2D eigenvalue weighted by atomic mass is 16.5. The first-order valence-electron chi connectivity index (χ1n) is 11.0. The molecule has 2 fully saturated rings. The molecule has 2 aromatic rings. The number of aliphatic hydroxyl groups excluding tert-OH is 4. The monoisotopic (exact) mass is 449 g/mol. The van der Waals surface area contributed by atoms with Gasteiger partial charge in [0.05, 0.1) is 24.8 Å². The smallest absolute Gasteiger partial charge is 0.113 e. The van der Waals surface area contributed by atoms with Crippen molar-refractivity contribution in [2.24, 2.45) is 5.92 Å². The van der Waals surface area contributed by atoms with Gasteiger partial charge in [0, 0.05) is 18.1 Å². The van der Waals surface area contributed by atoms with Crippen LogP contribution in [0.3, 0.4) is 0 Å². The van der Waals surface area contributed by atoms with Crippen LogP contribution in [0.1, 0.15) is 40.3 Å². The molecule has 2 aromatic carbocycles. The Morgan fingerprint density at radius 3 is 2.45 bits per heavy atom. The fraction of sp³-hybridized carbons (Fsp3) is 0.423. The van der Waals surface area contributed by atoms with E-state index in [1.165, 1.54) is 0 Å². The van der Waals surface area contributed by atoms with Crippen molar-refractivity contribution >= 4 is 0 Å². The minimum absolute atomic E-state index is 0.285. The molecule has 0 aromatic heterocycles. The molecule has 0 bridgehead atoms. The van der Waals surface area contributed by atoms with Gasteiger partial charge in [-0.15, -0.1) is 0 Å². The summed E-state index contributed by atoms with van der Waals surface area (Å²) in [6.07, 6.45) is -4.72. The molecule has 0 radical (unpaired) electrons. The first kappa shape index (κ1) is 23.4. The van der Waals surface area contributed by atoms with E-state index in [-0.39, 0.29) is 5.92 Å². The van der Waals surface area contributed by atoms with E-state index in [0.717, 1.165) is 29.7 Å². The molecule has 0 saturated carbocycles. The molecule has 0 amide bonds. The number of nitrogens with zero attached hydrogens (tertiary/aromatic N) is 1. The lowest BCUT2D eigenvalue weighted by atomic mass is 9.89. The van der Waals surface area contributed by atoms with Gasteiger partial charge in [-0.05, 0) is 47.7 Å². The molecule has 2 aliphatic heterocycles. The Hall–Kier alpha value is -2.75. The van der Waals surface area contributed by atoms with Crippen molar-refractivity contribution in [1.29, 1.82) is 5.26 Å². The predicted octanol–water partition coefficient (Wildman–Crippen LogP) is 1.05. The summed E-state index contributed by atoms with van der Waals surface area (Å²) >= 11 is 0. The van der Waals surface area contributed by atoms with Crippen molar-refractivity contribution in [2.45, 2.75) is 43.4 Å². The third kappa shape index (κ3) is 5.26. The van der Waals surface area contributed by atoms with Gasteiger partial charge in [0.1, 0.15) is 30.5 Å². The molecule has 4 rings (SSSR count). The number of hydrogen-bond donors (Lipinski definition) is 4. The summed E-state index contributed by atoms with van der Waals surface area (Å²) in [5.74, 6) is 6.71. The van der Waals surface area contributed by atoms with Crippen LogP contribution in [0.5, 0.6) is 0 Å². The van der Waals surface area contributed by atoms with Crippen LogP contribution < -0.4 is 0 Å². The molecule has 172 valence electrons. The van der Waals surface area contributed by atoms with Gasteiger partial charge in [0.15, 0.2) is 0 Å². The number of aliphatic hydroxyl groups is 4. The first-order valence-corrected chi connectivity index (χ1v) is 11.0. The van der Waals surface area contributed by atoms with E-state index >= 15 is 0 Å². The van der Waals surface area contributed by atoms with E-state index in [0.29, 0.717) is 24.2 Å². The highest BCUT2D eigenvalue weighted by molar-refractivity contribution is 5.45. The van der Waals surface area contributed by atoms with Crippen molar-refractivity contribution in [3.63, 3.8) is 0 Å². The lowest BCUT2D eigenvalue weighted by Crippen LogP contribution is -2.55. The predicted molar refractivity (Wildman–Crippen MR) is 119 cm³/mol. The van der Waals surface area contributed by atoms with Crippen molar-refractivity contribution < 1.29 is 29.9 Å². The Bertz CT molecular complexity index is 1060. The molecule has 7 nitrogen and oxygen atoms in total. The molecule has 33 heavy (non-hydrogen) atoms. The van der Waals surface area contributed by atoms with Crippen LogP contribution in [0.2, 0.25) is 0 Å². The Morgan fingerprint density at radius 1 is 1.00 bits per heavy atom. The van der Waals surface area contributed by atoms with E-state index < -0.39 is 37.1 Å². The molecule has 0 spiro atoms. The van der Waals surface area contributed by atoms with Crippen LogP contribution in [0, 0.1) is 29.1 Å². The van der Waals surface area contributed by atoms with Crippen LogP contribution in [-0.2, 0) is 15.9 Å². The fourth-order valence-corrected chi connectivity index (χ4v) is 4.18. The van der Waals surface area contributed by atoms with Gasteiger partial charge in [-0.3, -0.25) is 0 Å². The van der Waals surface area contributed by atoms with E-state index in [1.807, 2.05) is 24.3 Å². The standard InChI is InChI=1S/C26H27NO6/c27-13-20-8-7-19(26-25(31)24(30)23(29)22(14-28)33-26)12-21(20)11-17-4-1-16(2-5-17)3-6-18-9-10-32-15-18/h1-2,4-5,7-8,12,18,22-26,28-31H,9-11,14-15H2/t18-,22-,23-,24+,25-,26+/m1/s1. The third-order valence-corrected chi connectivity index (χ3v) is 6.17. The van der Waals surface area contributed by atoms with Crippen molar-refractivity contribution in [3.05, 3.63) is 70.3 Å². The molecule has 2 heterocycles. The van der Waals surface area contributed by atoms with Gasteiger partial charge in [0.25, 0.3) is 0 Å². The summed E-state index contributed by atoms with van der Waals surface area (Å²) in [7, 11) is 0. The SMILES string of the molecule is N#Cc1ccc([C@@H]2O[C@H](CO)[C@@H](O)[C@H](O)[C@H]2O)cc1Cc1ccc(C#C[C@@H]2CCOC2)cc1. The van der Waals surface area contributed by atoms with Crippen LogP contribution in [0.25, 0.3) is 0 Å². The van der Waals surface area contributed by atoms with Gasteiger partial charge in [-0.1, -0.05) is 36.1 Å². The normalized spacial score (nSPS) is 29.2.